The molecule has 0 atom stereocenters. The average molecular weight is 280 g/mol. The van der Waals surface area contributed by atoms with Crippen LogP contribution in [-0.4, -0.2) is 13.1 Å². The lowest BCUT2D eigenvalue weighted by atomic mass is 9.56. The smallest absolute Gasteiger partial charge is 0.0175 e. The van der Waals surface area contributed by atoms with E-state index in [0.29, 0.717) is 5.41 Å². The van der Waals surface area contributed by atoms with E-state index in [9.17, 15) is 0 Å². The van der Waals surface area contributed by atoms with Crippen molar-refractivity contribution in [2.75, 3.05) is 13.1 Å². The summed E-state index contributed by atoms with van der Waals surface area (Å²) in [6, 6.07) is 8.90. The van der Waals surface area contributed by atoms with Gasteiger partial charge in [-0.3, -0.25) is 0 Å². The van der Waals surface area contributed by atoms with Gasteiger partial charge >= 0.3 is 0 Å². The van der Waals surface area contributed by atoms with Gasteiger partial charge in [0.25, 0.3) is 0 Å². The van der Waals surface area contributed by atoms with Crippen molar-refractivity contribution >= 4 is 15.9 Å². The third kappa shape index (κ3) is 1.93. The lowest BCUT2D eigenvalue weighted by molar-refractivity contribution is 0.0604. The summed E-state index contributed by atoms with van der Waals surface area (Å²) in [6.07, 6.45) is 5.60. The fourth-order valence-electron chi connectivity index (χ4n) is 3.32. The first-order valence-electron chi connectivity index (χ1n) is 6.24. The summed E-state index contributed by atoms with van der Waals surface area (Å²) < 4.78 is 1.19. The van der Waals surface area contributed by atoms with Crippen molar-refractivity contribution in [2.24, 2.45) is 5.41 Å². The Morgan fingerprint density at radius 3 is 2.31 bits per heavy atom. The number of hydrogen-bond acceptors (Lipinski definition) is 1. The molecule has 0 aromatic heterocycles. The summed E-state index contributed by atoms with van der Waals surface area (Å²) in [4.78, 5) is 0. The quantitative estimate of drug-likeness (QED) is 0.827. The second kappa shape index (κ2) is 4.15. The minimum atomic E-state index is 0.697. The van der Waals surface area contributed by atoms with Crippen LogP contribution in [0.25, 0.3) is 0 Å². The monoisotopic (exact) mass is 279 g/mol. The normalized spacial score (nSPS) is 24.3. The van der Waals surface area contributed by atoms with Crippen molar-refractivity contribution in [3.63, 3.8) is 0 Å². The molecule has 16 heavy (non-hydrogen) atoms. The summed E-state index contributed by atoms with van der Waals surface area (Å²) in [7, 11) is 0. The van der Waals surface area contributed by atoms with Crippen LogP contribution in [0.3, 0.4) is 0 Å². The van der Waals surface area contributed by atoms with E-state index in [2.05, 4.69) is 45.5 Å². The van der Waals surface area contributed by atoms with E-state index in [1.54, 1.807) is 0 Å². The molecule has 0 amide bonds. The topological polar surface area (TPSA) is 12.0 Å². The first-order chi connectivity index (χ1) is 7.77. The van der Waals surface area contributed by atoms with Gasteiger partial charge in [0.2, 0.25) is 0 Å². The number of piperidine rings is 1. The maximum Gasteiger partial charge on any atom is 0.0175 e. The molecule has 1 aromatic carbocycles. The summed E-state index contributed by atoms with van der Waals surface area (Å²) >= 11 is 3.50. The van der Waals surface area contributed by atoms with Gasteiger partial charge in [-0.05, 0) is 67.8 Å². The molecule has 0 bridgehead atoms. The Morgan fingerprint density at radius 1 is 1.06 bits per heavy atom. The van der Waals surface area contributed by atoms with E-state index in [1.807, 2.05) is 0 Å². The summed E-state index contributed by atoms with van der Waals surface area (Å²) in [5.41, 5.74) is 2.23. The number of halogens is 1. The zero-order valence-electron chi connectivity index (χ0n) is 9.51. The van der Waals surface area contributed by atoms with Crippen LogP contribution < -0.4 is 5.32 Å². The first-order valence-corrected chi connectivity index (χ1v) is 7.03. The van der Waals surface area contributed by atoms with Crippen LogP contribution in [0.1, 0.15) is 37.2 Å². The molecule has 2 heteroatoms. The molecule has 1 saturated carbocycles. The van der Waals surface area contributed by atoms with Crippen LogP contribution in [0.5, 0.6) is 0 Å². The Morgan fingerprint density at radius 2 is 1.69 bits per heavy atom. The van der Waals surface area contributed by atoms with Gasteiger partial charge in [0.05, 0.1) is 0 Å². The van der Waals surface area contributed by atoms with Crippen molar-refractivity contribution in [3.05, 3.63) is 34.3 Å². The summed E-state index contributed by atoms with van der Waals surface area (Å²) in [5.74, 6) is 0.825. The molecule has 1 aromatic rings. The third-order valence-corrected chi connectivity index (χ3v) is 4.89. The fraction of sp³-hybridized carbons (Fsp3) is 0.571. The highest BCUT2D eigenvalue weighted by Crippen LogP contribution is 2.55. The highest BCUT2D eigenvalue weighted by Gasteiger charge is 2.44. The van der Waals surface area contributed by atoms with Gasteiger partial charge in [-0.15, -0.1) is 0 Å². The van der Waals surface area contributed by atoms with E-state index in [1.165, 1.54) is 48.8 Å². The number of benzene rings is 1. The molecule has 1 N–H and O–H groups in total. The van der Waals surface area contributed by atoms with Crippen LogP contribution in [-0.2, 0) is 0 Å². The molecule has 86 valence electrons. The predicted octanol–water partition coefficient (Wildman–Crippen LogP) is 3.70. The third-order valence-electron chi connectivity index (χ3n) is 4.36. The Labute approximate surface area is 106 Å². The molecule has 2 aliphatic rings. The molecule has 1 nitrogen and oxygen atoms in total. The van der Waals surface area contributed by atoms with Crippen molar-refractivity contribution in [2.45, 2.75) is 31.6 Å². The van der Waals surface area contributed by atoms with Crippen LogP contribution in [0.15, 0.2) is 28.7 Å². The SMILES string of the molecule is Brc1ccc(C2CC3(CCNCC3)C2)cc1. The van der Waals surface area contributed by atoms with E-state index in [0.717, 1.165) is 5.92 Å². The Bertz CT molecular complexity index is 357. The van der Waals surface area contributed by atoms with Crippen LogP contribution in [0, 0.1) is 5.41 Å². The Kier molecular flexibility index (Phi) is 2.80. The second-order valence-corrected chi connectivity index (χ2v) is 6.32. The van der Waals surface area contributed by atoms with Crippen molar-refractivity contribution in [3.8, 4) is 0 Å². The molecule has 0 unspecified atom stereocenters. The van der Waals surface area contributed by atoms with Gasteiger partial charge in [0.1, 0.15) is 0 Å². The van der Waals surface area contributed by atoms with Crippen LogP contribution in [0.2, 0.25) is 0 Å². The molecular weight excluding hydrogens is 262 g/mol. The van der Waals surface area contributed by atoms with Gasteiger partial charge < -0.3 is 5.32 Å². The molecule has 2 fully saturated rings. The van der Waals surface area contributed by atoms with Crippen molar-refractivity contribution < 1.29 is 0 Å². The molecule has 1 aliphatic carbocycles. The van der Waals surface area contributed by atoms with Gasteiger partial charge in [0.15, 0.2) is 0 Å². The van der Waals surface area contributed by atoms with E-state index >= 15 is 0 Å². The lowest BCUT2D eigenvalue weighted by Gasteiger charge is -2.50. The second-order valence-electron chi connectivity index (χ2n) is 5.41. The number of rotatable bonds is 1. The standard InChI is InChI=1S/C14H18BrN/c15-13-3-1-11(2-4-13)12-9-14(10-12)5-7-16-8-6-14/h1-4,12,16H,5-10H2. The van der Waals surface area contributed by atoms with E-state index in [-0.39, 0.29) is 0 Å². The summed E-state index contributed by atoms with van der Waals surface area (Å²) in [5, 5.41) is 3.46. The summed E-state index contributed by atoms with van der Waals surface area (Å²) in [6.45, 7) is 2.46. The Hall–Kier alpha value is -0.340. The molecule has 1 spiro atoms. The van der Waals surface area contributed by atoms with Crippen LogP contribution >= 0.6 is 15.9 Å². The average Bonchev–Trinajstić information content (AvgIpc) is 2.28. The minimum absolute atomic E-state index is 0.697. The maximum absolute atomic E-state index is 3.50. The first kappa shape index (κ1) is 10.8. The molecule has 1 aliphatic heterocycles. The largest absolute Gasteiger partial charge is 0.317 e. The minimum Gasteiger partial charge on any atom is -0.317 e. The van der Waals surface area contributed by atoms with E-state index in [4.69, 9.17) is 0 Å². The van der Waals surface area contributed by atoms with Gasteiger partial charge in [-0.1, -0.05) is 28.1 Å². The zero-order valence-corrected chi connectivity index (χ0v) is 11.1. The predicted molar refractivity (Wildman–Crippen MR) is 70.7 cm³/mol. The number of hydrogen-bond donors (Lipinski definition) is 1. The van der Waals surface area contributed by atoms with Gasteiger partial charge in [-0.2, -0.15) is 0 Å². The maximum atomic E-state index is 3.50. The molecule has 1 heterocycles. The molecule has 3 rings (SSSR count). The zero-order chi connectivity index (χ0) is 11.0. The van der Waals surface area contributed by atoms with E-state index < -0.39 is 0 Å². The van der Waals surface area contributed by atoms with Crippen LogP contribution in [0.4, 0.5) is 0 Å². The molecular formula is C14H18BrN. The number of nitrogens with one attached hydrogen (secondary N) is 1. The van der Waals surface area contributed by atoms with Crippen molar-refractivity contribution in [1.82, 2.24) is 5.32 Å². The lowest BCUT2D eigenvalue weighted by Crippen LogP contribution is -2.44. The van der Waals surface area contributed by atoms with Gasteiger partial charge in [-0.25, -0.2) is 0 Å². The van der Waals surface area contributed by atoms with Gasteiger partial charge in [0, 0.05) is 4.47 Å². The molecule has 1 saturated heterocycles. The fourth-order valence-corrected chi connectivity index (χ4v) is 3.59. The molecule has 0 radical (unpaired) electrons. The van der Waals surface area contributed by atoms with Crippen molar-refractivity contribution in [1.29, 1.82) is 0 Å². The highest BCUT2D eigenvalue weighted by molar-refractivity contribution is 9.10. The Balaban J connectivity index is 1.66. The highest BCUT2D eigenvalue weighted by atomic mass is 79.9.